The van der Waals surface area contributed by atoms with Gasteiger partial charge in [0.1, 0.15) is 11.5 Å². The van der Waals surface area contributed by atoms with Gasteiger partial charge in [0.15, 0.2) is 11.5 Å². The second-order valence-electron chi connectivity index (χ2n) is 7.33. The van der Waals surface area contributed by atoms with Gasteiger partial charge >= 0.3 is 0 Å². The molecule has 32 heavy (non-hydrogen) atoms. The fraction of sp³-hybridized carbons (Fsp3) is 0.0833. The van der Waals surface area contributed by atoms with Gasteiger partial charge in [0.2, 0.25) is 6.79 Å². The third-order valence-corrected chi connectivity index (χ3v) is 5.51. The Morgan fingerprint density at radius 1 is 0.938 bits per heavy atom. The summed E-state index contributed by atoms with van der Waals surface area (Å²) in [7, 11) is 0. The van der Waals surface area contributed by atoms with Gasteiger partial charge in [-0.3, -0.25) is 9.59 Å². The zero-order chi connectivity index (χ0) is 22.4. The lowest BCUT2D eigenvalue weighted by molar-refractivity contribution is -0.120. The van der Waals surface area contributed by atoms with E-state index in [2.05, 4.69) is 5.32 Å². The number of nitrogens with one attached hydrogen (secondary N) is 1. The molecule has 0 unspecified atom stereocenters. The van der Waals surface area contributed by atoms with E-state index in [1.165, 1.54) is 24.3 Å². The predicted molar refractivity (Wildman–Crippen MR) is 118 cm³/mol. The third kappa shape index (κ3) is 3.36. The van der Waals surface area contributed by atoms with Crippen molar-refractivity contribution >= 4 is 40.4 Å². The summed E-state index contributed by atoms with van der Waals surface area (Å²) in [6.45, 7) is 1.90. The fourth-order valence-corrected chi connectivity index (χ4v) is 3.86. The number of carbonyl (C=O) groups excluding carboxylic acids is 2. The highest BCUT2D eigenvalue weighted by atomic mass is 35.5. The number of rotatable bonds is 4. The van der Waals surface area contributed by atoms with Crippen molar-refractivity contribution in [1.29, 1.82) is 0 Å². The van der Waals surface area contributed by atoms with Crippen LogP contribution in [0.4, 0.5) is 15.8 Å². The van der Waals surface area contributed by atoms with Crippen molar-refractivity contribution in [3.05, 3.63) is 88.3 Å². The molecule has 0 aromatic heterocycles. The highest BCUT2D eigenvalue weighted by Gasteiger charge is 2.41. The van der Waals surface area contributed by atoms with E-state index in [0.717, 1.165) is 4.90 Å². The number of carbonyl (C=O) groups is 2. The molecule has 2 heterocycles. The summed E-state index contributed by atoms with van der Waals surface area (Å²) < 4.78 is 24.2. The van der Waals surface area contributed by atoms with Gasteiger partial charge in [0.05, 0.1) is 11.3 Å². The van der Waals surface area contributed by atoms with E-state index in [0.29, 0.717) is 39.0 Å². The van der Waals surface area contributed by atoms with E-state index < -0.39 is 17.6 Å². The molecule has 2 amide bonds. The van der Waals surface area contributed by atoms with E-state index in [4.69, 9.17) is 21.1 Å². The van der Waals surface area contributed by atoms with E-state index in [1.807, 2.05) is 0 Å². The lowest BCUT2D eigenvalue weighted by Crippen LogP contribution is -2.33. The van der Waals surface area contributed by atoms with Crippen LogP contribution in [0.15, 0.2) is 66.4 Å². The van der Waals surface area contributed by atoms with Crippen molar-refractivity contribution in [2.75, 3.05) is 17.0 Å². The first kappa shape index (κ1) is 20.1. The second-order valence-corrected chi connectivity index (χ2v) is 7.76. The Morgan fingerprint density at radius 3 is 2.47 bits per heavy atom. The van der Waals surface area contributed by atoms with Gasteiger partial charge in [0.25, 0.3) is 11.8 Å². The number of hydrogen-bond donors (Lipinski definition) is 1. The molecule has 3 aromatic rings. The monoisotopic (exact) mass is 450 g/mol. The van der Waals surface area contributed by atoms with Crippen LogP contribution in [-0.2, 0) is 9.59 Å². The van der Waals surface area contributed by atoms with E-state index in [1.54, 1.807) is 43.3 Å². The van der Waals surface area contributed by atoms with Crippen molar-refractivity contribution in [3.63, 3.8) is 0 Å². The number of anilines is 2. The summed E-state index contributed by atoms with van der Waals surface area (Å²) in [5.41, 5.74) is 2.24. The number of aryl methyl sites for hydroxylation is 1. The minimum Gasteiger partial charge on any atom is -0.454 e. The number of benzene rings is 3. The van der Waals surface area contributed by atoms with Crippen LogP contribution in [0, 0.1) is 12.7 Å². The molecule has 0 radical (unpaired) electrons. The van der Waals surface area contributed by atoms with Gasteiger partial charge in [-0.1, -0.05) is 29.8 Å². The molecule has 5 rings (SSSR count). The maximum atomic E-state index is 13.5. The Bertz CT molecular complexity index is 1300. The molecule has 0 saturated heterocycles. The molecule has 0 aliphatic carbocycles. The molecule has 0 spiro atoms. The number of fused-ring (bicyclic) bond motifs is 1. The van der Waals surface area contributed by atoms with Gasteiger partial charge in [0, 0.05) is 16.8 Å². The Morgan fingerprint density at radius 2 is 1.69 bits per heavy atom. The van der Waals surface area contributed by atoms with Crippen molar-refractivity contribution in [2.45, 2.75) is 6.92 Å². The average molecular weight is 451 g/mol. The molecular weight excluding hydrogens is 435 g/mol. The number of hydrogen-bond acceptors (Lipinski definition) is 5. The molecule has 6 nitrogen and oxygen atoms in total. The van der Waals surface area contributed by atoms with Crippen molar-refractivity contribution in [2.24, 2.45) is 0 Å². The Labute approximate surface area is 187 Å². The molecule has 3 aromatic carbocycles. The van der Waals surface area contributed by atoms with Gasteiger partial charge in [-0.05, 0) is 54.4 Å². The first-order valence-corrected chi connectivity index (χ1v) is 10.1. The Balaban J connectivity index is 1.61. The molecule has 160 valence electrons. The molecule has 0 fully saturated rings. The molecule has 1 N–H and O–H groups in total. The zero-order valence-corrected chi connectivity index (χ0v) is 17.6. The van der Waals surface area contributed by atoms with E-state index in [9.17, 15) is 14.0 Å². The van der Waals surface area contributed by atoms with E-state index in [-0.39, 0.29) is 18.1 Å². The molecule has 0 bridgehead atoms. The van der Waals surface area contributed by atoms with Gasteiger partial charge < -0.3 is 14.8 Å². The number of ether oxygens (including phenoxy) is 2. The molecule has 2 aliphatic rings. The predicted octanol–water partition coefficient (Wildman–Crippen LogP) is 4.91. The van der Waals surface area contributed by atoms with E-state index >= 15 is 0 Å². The van der Waals surface area contributed by atoms with Crippen molar-refractivity contribution in [3.8, 4) is 11.5 Å². The summed E-state index contributed by atoms with van der Waals surface area (Å²) in [5, 5.41) is 3.45. The van der Waals surface area contributed by atoms with Crippen molar-refractivity contribution < 1.29 is 23.5 Å². The second kappa shape index (κ2) is 7.69. The molecule has 2 aliphatic heterocycles. The van der Waals surface area contributed by atoms with Gasteiger partial charge in [-0.2, -0.15) is 0 Å². The number of imide groups is 1. The fourth-order valence-electron chi connectivity index (χ4n) is 3.69. The standard InChI is InChI=1S/C24H16ClFN2O4/c1-13-2-5-15(25)10-18(13)28-23(29)21(14-3-6-16(26)7-4-14)22(24(28)30)27-17-8-9-19-20(11-17)32-12-31-19/h2-11,27H,12H2,1H3. The normalized spacial score (nSPS) is 15.0. The molecule has 0 atom stereocenters. The molecular formula is C24H16ClFN2O4. The van der Waals surface area contributed by atoms with Crippen LogP contribution in [0.5, 0.6) is 11.5 Å². The van der Waals surface area contributed by atoms with Gasteiger partial charge in [-0.15, -0.1) is 0 Å². The van der Waals surface area contributed by atoms with Crippen LogP contribution in [0.25, 0.3) is 5.57 Å². The SMILES string of the molecule is Cc1ccc(Cl)cc1N1C(=O)C(Nc2ccc3c(c2)OCO3)=C(c2ccc(F)cc2)C1=O. The van der Waals surface area contributed by atoms with Crippen LogP contribution in [-0.4, -0.2) is 18.6 Å². The number of nitrogens with zero attached hydrogens (tertiary/aromatic N) is 1. The highest BCUT2D eigenvalue weighted by Crippen LogP contribution is 2.38. The van der Waals surface area contributed by atoms with Crippen LogP contribution < -0.4 is 19.7 Å². The Hall–Kier alpha value is -3.84. The summed E-state index contributed by atoms with van der Waals surface area (Å²) in [4.78, 5) is 28.0. The summed E-state index contributed by atoms with van der Waals surface area (Å²) in [5.74, 6) is -0.405. The number of halogens is 2. The minimum atomic E-state index is -0.544. The maximum absolute atomic E-state index is 13.5. The Kier molecular flexibility index (Phi) is 4.83. The molecule has 8 heteroatoms. The topological polar surface area (TPSA) is 67.9 Å². The summed E-state index contributed by atoms with van der Waals surface area (Å²) in [6.07, 6.45) is 0. The van der Waals surface area contributed by atoms with Crippen LogP contribution in [0.2, 0.25) is 5.02 Å². The van der Waals surface area contributed by atoms with Crippen LogP contribution >= 0.6 is 11.6 Å². The van der Waals surface area contributed by atoms with Gasteiger partial charge in [-0.25, -0.2) is 9.29 Å². The summed E-state index contributed by atoms with van der Waals surface area (Å²) in [6, 6.07) is 15.5. The van der Waals surface area contributed by atoms with Crippen LogP contribution in [0.3, 0.4) is 0 Å². The first-order chi connectivity index (χ1) is 15.4. The zero-order valence-electron chi connectivity index (χ0n) is 16.8. The number of amides is 2. The minimum absolute atomic E-state index is 0.0693. The highest BCUT2D eigenvalue weighted by molar-refractivity contribution is 6.46. The van der Waals surface area contributed by atoms with Crippen LogP contribution in [0.1, 0.15) is 11.1 Å². The first-order valence-electron chi connectivity index (χ1n) is 9.74. The van der Waals surface area contributed by atoms with Crippen molar-refractivity contribution in [1.82, 2.24) is 0 Å². The third-order valence-electron chi connectivity index (χ3n) is 5.27. The largest absolute Gasteiger partial charge is 0.454 e. The molecule has 0 saturated carbocycles. The lowest BCUT2D eigenvalue weighted by Gasteiger charge is -2.18. The average Bonchev–Trinajstić information content (AvgIpc) is 3.33. The lowest BCUT2D eigenvalue weighted by atomic mass is 10.0. The smallest absolute Gasteiger partial charge is 0.282 e. The summed E-state index contributed by atoms with van der Waals surface area (Å²) >= 11 is 6.14. The quantitative estimate of drug-likeness (QED) is 0.572. The maximum Gasteiger partial charge on any atom is 0.282 e.